The molecule has 0 spiro atoms. The highest BCUT2D eigenvalue weighted by Crippen LogP contribution is 2.51. The molecule has 4 rings (SSSR count). The number of carbonyl (C=O) groups excluding carboxylic acids is 2. The molecule has 124 valence electrons. The molecule has 1 aromatic carbocycles. The van der Waals surface area contributed by atoms with Crippen LogP contribution in [0.2, 0.25) is 0 Å². The van der Waals surface area contributed by atoms with Crippen LogP contribution < -0.4 is 5.32 Å². The molecule has 1 aromatic rings. The minimum atomic E-state index is -0.574. The van der Waals surface area contributed by atoms with Crippen LogP contribution >= 0.6 is 0 Å². The number of esters is 1. The minimum absolute atomic E-state index is 0.189. The fourth-order valence-electron chi connectivity index (χ4n) is 3.99. The van der Waals surface area contributed by atoms with Crippen molar-refractivity contribution in [2.75, 3.05) is 7.11 Å². The Labute approximate surface area is 136 Å². The molecular weight excluding hydrogens is 294 g/mol. The highest BCUT2D eigenvalue weighted by Gasteiger charge is 2.54. The van der Waals surface area contributed by atoms with E-state index in [1.54, 1.807) is 0 Å². The molecule has 0 radical (unpaired) electrons. The fraction of sp³-hybridized carbons (Fsp3) is 0.556. The molecule has 0 heterocycles. The Morgan fingerprint density at radius 2 is 1.91 bits per heavy atom. The number of hydrogen-bond acceptors (Lipinski definition) is 4. The smallest absolute Gasteiger partial charge is 0.407 e. The number of nitrogens with one attached hydrogen (secondary N) is 1. The standard InChI is InChI=1S/C18H23NO4/c1-22-16(20)18-9-7-13(8-10-18)11-15(18)19-17(21)23-12-14-5-3-2-4-6-14/h2-6,13,15H,7-12H2,1H3,(H,19,21). The van der Waals surface area contributed by atoms with Crippen LogP contribution in [0.5, 0.6) is 0 Å². The highest BCUT2D eigenvalue weighted by molar-refractivity contribution is 5.79. The van der Waals surface area contributed by atoms with Crippen LogP contribution in [0.15, 0.2) is 30.3 Å². The Bertz CT molecular complexity index is 564. The van der Waals surface area contributed by atoms with E-state index < -0.39 is 11.5 Å². The summed E-state index contributed by atoms with van der Waals surface area (Å²) in [6, 6.07) is 9.36. The van der Waals surface area contributed by atoms with Crippen molar-refractivity contribution in [2.45, 2.75) is 44.8 Å². The molecule has 2 bridgehead atoms. The monoisotopic (exact) mass is 317 g/mol. The molecule has 23 heavy (non-hydrogen) atoms. The van der Waals surface area contributed by atoms with Gasteiger partial charge in [-0.3, -0.25) is 4.79 Å². The summed E-state index contributed by atoms with van der Waals surface area (Å²) in [4.78, 5) is 24.4. The van der Waals surface area contributed by atoms with Crippen LogP contribution in [-0.2, 0) is 20.9 Å². The third-order valence-corrected chi connectivity index (χ3v) is 5.33. The molecule has 5 nitrogen and oxygen atoms in total. The Morgan fingerprint density at radius 3 is 2.57 bits per heavy atom. The van der Waals surface area contributed by atoms with E-state index in [1.807, 2.05) is 30.3 Å². The number of fused-ring (bicyclic) bond motifs is 3. The fourth-order valence-corrected chi connectivity index (χ4v) is 3.99. The lowest BCUT2D eigenvalue weighted by atomic mass is 9.58. The number of ether oxygens (including phenoxy) is 2. The van der Waals surface area contributed by atoms with E-state index in [0.29, 0.717) is 5.92 Å². The first-order chi connectivity index (χ1) is 11.1. The lowest BCUT2D eigenvalue weighted by Gasteiger charge is -2.49. The number of hydrogen-bond donors (Lipinski definition) is 1. The molecule has 5 heteroatoms. The van der Waals surface area contributed by atoms with Gasteiger partial charge >= 0.3 is 12.1 Å². The summed E-state index contributed by atoms with van der Waals surface area (Å²) in [7, 11) is 1.42. The zero-order valence-electron chi connectivity index (χ0n) is 13.4. The summed E-state index contributed by atoms with van der Waals surface area (Å²) in [6.07, 6.45) is 4.01. The molecule has 1 amide bonds. The molecule has 0 aromatic heterocycles. The maximum Gasteiger partial charge on any atom is 0.407 e. The molecule has 1 unspecified atom stereocenters. The summed E-state index contributed by atoms with van der Waals surface area (Å²) in [5.74, 6) is 0.380. The predicted molar refractivity (Wildman–Crippen MR) is 84.6 cm³/mol. The Hall–Kier alpha value is -2.04. The second kappa shape index (κ2) is 6.60. The highest BCUT2D eigenvalue weighted by atomic mass is 16.5. The van der Waals surface area contributed by atoms with Crippen molar-refractivity contribution >= 4 is 12.1 Å². The second-order valence-corrected chi connectivity index (χ2v) is 6.59. The van der Waals surface area contributed by atoms with Gasteiger partial charge in [-0.15, -0.1) is 0 Å². The van der Waals surface area contributed by atoms with Crippen molar-refractivity contribution in [3.8, 4) is 0 Å². The van der Waals surface area contributed by atoms with Gasteiger partial charge in [0.1, 0.15) is 6.61 Å². The van der Waals surface area contributed by atoms with Crippen molar-refractivity contribution in [1.29, 1.82) is 0 Å². The number of rotatable bonds is 4. The number of methoxy groups -OCH3 is 1. The molecule has 3 aliphatic rings. The maximum atomic E-state index is 12.3. The van der Waals surface area contributed by atoms with Gasteiger partial charge in [0.25, 0.3) is 0 Å². The molecule has 3 saturated carbocycles. The normalized spacial score (nSPS) is 28.9. The van der Waals surface area contributed by atoms with Gasteiger partial charge in [0.15, 0.2) is 0 Å². The first-order valence-electron chi connectivity index (χ1n) is 8.20. The summed E-state index contributed by atoms with van der Waals surface area (Å²) in [5, 5.41) is 2.91. The van der Waals surface area contributed by atoms with Crippen molar-refractivity contribution < 1.29 is 19.1 Å². The Morgan fingerprint density at radius 1 is 1.22 bits per heavy atom. The number of amides is 1. The van der Waals surface area contributed by atoms with E-state index in [-0.39, 0.29) is 18.6 Å². The van der Waals surface area contributed by atoms with Crippen molar-refractivity contribution in [3.05, 3.63) is 35.9 Å². The second-order valence-electron chi connectivity index (χ2n) is 6.59. The van der Waals surface area contributed by atoms with E-state index in [2.05, 4.69) is 5.32 Å². The number of alkyl carbamates (subject to hydrolysis) is 1. The van der Waals surface area contributed by atoms with Crippen molar-refractivity contribution in [3.63, 3.8) is 0 Å². The van der Waals surface area contributed by atoms with Crippen molar-refractivity contribution in [1.82, 2.24) is 5.32 Å². The zero-order chi connectivity index (χ0) is 16.3. The third kappa shape index (κ3) is 3.19. The summed E-state index contributed by atoms with van der Waals surface area (Å²) in [6.45, 7) is 0.230. The van der Waals surface area contributed by atoms with E-state index in [9.17, 15) is 9.59 Å². The SMILES string of the molecule is COC(=O)C12CCC(CC1)CC2NC(=O)OCc1ccccc1. The zero-order valence-corrected chi connectivity index (χ0v) is 13.4. The molecular formula is C18H23NO4. The first-order valence-corrected chi connectivity index (χ1v) is 8.20. The molecule has 0 aliphatic heterocycles. The van der Waals surface area contributed by atoms with E-state index >= 15 is 0 Å². The lowest BCUT2D eigenvalue weighted by molar-refractivity contribution is -0.162. The molecule has 1 atom stereocenters. The number of benzene rings is 1. The maximum absolute atomic E-state index is 12.3. The summed E-state index contributed by atoms with van der Waals surface area (Å²) < 4.78 is 10.3. The van der Waals surface area contributed by atoms with E-state index in [0.717, 1.165) is 37.7 Å². The molecule has 3 fully saturated rings. The van der Waals surface area contributed by atoms with Crippen LogP contribution in [0.1, 0.15) is 37.7 Å². The van der Waals surface area contributed by atoms with Crippen LogP contribution in [0.3, 0.4) is 0 Å². The van der Waals surface area contributed by atoms with Gasteiger partial charge in [-0.1, -0.05) is 30.3 Å². The third-order valence-electron chi connectivity index (χ3n) is 5.33. The van der Waals surface area contributed by atoms with Crippen LogP contribution in [0, 0.1) is 11.3 Å². The van der Waals surface area contributed by atoms with Gasteiger partial charge in [-0.05, 0) is 43.6 Å². The van der Waals surface area contributed by atoms with Gasteiger partial charge in [-0.25, -0.2) is 4.79 Å². The predicted octanol–water partition coefficient (Wildman–Crippen LogP) is 3.03. The Balaban J connectivity index is 1.61. The minimum Gasteiger partial charge on any atom is -0.469 e. The van der Waals surface area contributed by atoms with E-state index in [1.165, 1.54) is 7.11 Å². The van der Waals surface area contributed by atoms with Crippen LogP contribution in [-0.4, -0.2) is 25.2 Å². The molecule has 0 saturated heterocycles. The first kappa shape index (κ1) is 15.8. The van der Waals surface area contributed by atoms with Gasteiger partial charge in [0, 0.05) is 6.04 Å². The largest absolute Gasteiger partial charge is 0.469 e. The van der Waals surface area contributed by atoms with Gasteiger partial charge in [0.2, 0.25) is 0 Å². The molecule has 1 N–H and O–H groups in total. The van der Waals surface area contributed by atoms with Crippen molar-refractivity contribution in [2.24, 2.45) is 11.3 Å². The average Bonchev–Trinajstić information content (AvgIpc) is 2.61. The molecule has 3 aliphatic carbocycles. The van der Waals surface area contributed by atoms with E-state index in [4.69, 9.17) is 9.47 Å². The Kier molecular flexibility index (Phi) is 4.55. The average molecular weight is 317 g/mol. The topological polar surface area (TPSA) is 64.6 Å². The summed E-state index contributed by atoms with van der Waals surface area (Å²) in [5.41, 5.74) is 0.366. The van der Waals surface area contributed by atoms with Gasteiger partial charge in [0.05, 0.1) is 12.5 Å². The lowest BCUT2D eigenvalue weighted by Crippen LogP contribution is -2.58. The van der Waals surface area contributed by atoms with Gasteiger partial charge < -0.3 is 14.8 Å². The van der Waals surface area contributed by atoms with Crippen LogP contribution in [0.25, 0.3) is 0 Å². The van der Waals surface area contributed by atoms with Gasteiger partial charge in [-0.2, -0.15) is 0 Å². The summed E-state index contributed by atoms with van der Waals surface area (Å²) >= 11 is 0. The van der Waals surface area contributed by atoms with Crippen LogP contribution in [0.4, 0.5) is 4.79 Å². The quantitative estimate of drug-likeness (QED) is 0.867. The number of carbonyl (C=O) groups is 2.